The quantitative estimate of drug-likeness (QED) is 0.906. The molecule has 2 rings (SSSR count). The highest BCUT2D eigenvalue weighted by molar-refractivity contribution is 7.11. The lowest BCUT2D eigenvalue weighted by Gasteiger charge is -1.95. The molecule has 0 aliphatic heterocycles. The molecule has 2 aromatic rings. The fourth-order valence-electron chi connectivity index (χ4n) is 1.72. The Bertz CT molecular complexity index is 490. The smallest absolute Gasteiger partial charge is 0.0934 e. The molecule has 0 aliphatic carbocycles. The van der Waals surface area contributed by atoms with Crippen LogP contribution in [0.15, 0.2) is 5.51 Å². The van der Waals surface area contributed by atoms with Crippen molar-refractivity contribution in [2.45, 2.75) is 33.1 Å². The van der Waals surface area contributed by atoms with Gasteiger partial charge in [-0.15, -0.1) is 22.7 Å². The Kier molecular flexibility index (Phi) is 4.25. The summed E-state index contributed by atoms with van der Waals surface area (Å²) in [5.74, 6) is 0. The maximum atomic E-state index is 8.94. The van der Waals surface area contributed by atoms with Crippen molar-refractivity contribution in [2.24, 2.45) is 0 Å². The van der Waals surface area contributed by atoms with E-state index < -0.39 is 0 Å². The van der Waals surface area contributed by atoms with Crippen molar-refractivity contribution in [2.75, 3.05) is 6.61 Å². The first-order valence-electron chi connectivity index (χ1n) is 5.65. The zero-order valence-electron chi connectivity index (χ0n) is 10.1. The van der Waals surface area contributed by atoms with Crippen LogP contribution in [-0.2, 0) is 19.3 Å². The van der Waals surface area contributed by atoms with E-state index in [2.05, 4.69) is 16.9 Å². The third-order valence-corrected chi connectivity index (χ3v) is 4.96. The van der Waals surface area contributed by atoms with Crippen molar-refractivity contribution in [3.63, 3.8) is 0 Å². The molecule has 0 bridgehead atoms. The van der Waals surface area contributed by atoms with Crippen LogP contribution in [0.3, 0.4) is 0 Å². The number of aliphatic hydroxyl groups excluding tert-OH is 1. The second-order valence-corrected chi connectivity index (χ2v) is 6.06. The zero-order valence-corrected chi connectivity index (χ0v) is 11.7. The number of hydrogen-bond acceptors (Lipinski definition) is 5. The summed E-state index contributed by atoms with van der Waals surface area (Å²) in [7, 11) is 0. The lowest BCUT2D eigenvalue weighted by atomic mass is 10.2. The molecule has 0 aliphatic rings. The molecule has 5 heteroatoms. The molecule has 2 heterocycles. The fourth-order valence-corrected chi connectivity index (χ4v) is 3.55. The Morgan fingerprint density at radius 3 is 2.59 bits per heavy atom. The lowest BCUT2D eigenvalue weighted by Crippen LogP contribution is -1.90. The highest BCUT2D eigenvalue weighted by atomic mass is 32.1. The van der Waals surface area contributed by atoms with Gasteiger partial charge in [-0.05, 0) is 20.3 Å². The summed E-state index contributed by atoms with van der Waals surface area (Å²) in [4.78, 5) is 11.4. The Hall–Kier alpha value is -0.780. The van der Waals surface area contributed by atoms with Crippen LogP contribution in [0.2, 0.25) is 0 Å². The van der Waals surface area contributed by atoms with Crippen molar-refractivity contribution in [1.29, 1.82) is 0 Å². The zero-order chi connectivity index (χ0) is 12.3. The average molecular weight is 268 g/mol. The van der Waals surface area contributed by atoms with E-state index in [1.807, 2.05) is 12.4 Å². The van der Waals surface area contributed by atoms with E-state index in [1.54, 1.807) is 22.7 Å². The summed E-state index contributed by atoms with van der Waals surface area (Å²) in [6, 6.07) is 0. The molecule has 92 valence electrons. The first-order chi connectivity index (χ1) is 8.20. The summed E-state index contributed by atoms with van der Waals surface area (Å²) in [5, 5.41) is 10.1. The van der Waals surface area contributed by atoms with Gasteiger partial charge in [0.05, 0.1) is 21.9 Å². The van der Waals surface area contributed by atoms with Gasteiger partial charge in [0, 0.05) is 29.2 Å². The van der Waals surface area contributed by atoms with Crippen LogP contribution in [0.4, 0.5) is 0 Å². The molecule has 1 N–H and O–H groups in total. The van der Waals surface area contributed by atoms with E-state index in [1.165, 1.54) is 14.8 Å². The third-order valence-electron chi connectivity index (χ3n) is 2.69. The molecule has 0 amide bonds. The number of aryl methyl sites for hydroxylation is 4. The maximum Gasteiger partial charge on any atom is 0.0934 e. The fraction of sp³-hybridized carbons (Fsp3) is 0.500. The van der Waals surface area contributed by atoms with Gasteiger partial charge >= 0.3 is 0 Å². The van der Waals surface area contributed by atoms with E-state index in [0.717, 1.165) is 30.7 Å². The maximum absolute atomic E-state index is 8.94. The Morgan fingerprint density at radius 1 is 1.12 bits per heavy atom. The second-order valence-electron chi connectivity index (χ2n) is 3.95. The number of thiazole rings is 2. The monoisotopic (exact) mass is 268 g/mol. The van der Waals surface area contributed by atoms with Crippen molar-refractivity contribution >= 4 is 22.7 Å². The molecule has 0 unspecified atom stereocenters. The molecule has 2 aromatic heterocycles. The predicted molar refractivity (Wildman–Crippen MR) is 71.9 cm³/mol. The Labute approximate surface area is 109 Å². The predicted octanol–water partition coefficient (Wildman–Crippen LogP) is 2.54. The summed E-state index contributed by atoms with van der Waals surface area (Å²) >= 11 is 3.44. The molecule has 0 saturated heterocycles. The number of nitrogens with zero attached hydrogens (tertiary/aromatic N) is 2. The molecule has 17 heavy (non-hydrogen) atoms. The number of aliphatic hydroxyl groups is 1. The summed E-state index contributed by atoms with van der Waals surface area (Å²) in [6.07, 6.45) is 2.71. The van der Waals surface area contributed by atoms with E-state index in [9.17, 15) is 0 Å². The molecule has 0 spiro atoms. The largest absolute Gasteiger partial charge is 0.396 e. The van der Waals surface area contributed by atoms with Gasteiger partial charge in [0.15, 0.2) is 0 Å². The van der Waals surface area contributed by atoms with Gasteiger partial charge in [-0.1, -0.05) is 0 Å². The molecule has 0 aromatic carbocycles. The van der Waals surface area contributed by atoms with Gasteiger partial charge in [-0.2, -0.15) is 0 Å². The van der Waals surface area contributed by atoms with Crippen LogP contribution >= 0.6 is 22.7 Å². The molecular formula is C12H16N2OS2. The minimum atomic E-state index is 0.205. The van der Waals surface area contributed by atoms with Gasteiger partial charge in [0.1, 0.15) is 0 Å². The van der Waals surface area contributed by atoms with Gasteiger partial charge in [0.25, 0.3) is 0 Å². The highest BCUT2D eigenvalue weighted by Gasteiger charge is 2.08. The van der Waals surface area contributed by atoms with Crippen LogP contribution in [0.25, 0.3) is 0 Å². The highest BCUT2D eigenvalue weighted by Crippen LogP contribution is 2.21. The van der Waals surface area contributed by atoms with E-state index in [4.69, 9.17) is 5.11 Å². The average Bonchev–Trinajstić information content (AvgIpc) is 2.84. The minimum absolute atomic E-state index is 0.205. The molecule has 0 saturated carbocycles. The van der Waals surface area contributed by atoms with Gasteiger partial charge in [-0.3, -0.25) is 0 Å². The summed E-state index contributed by atoms with van der Waals surface area (Å²) in [6.45, 7) is 4.27. The van der Waals surface area contributed by atoms with E-state index in [-0.39, 0.29) is 6.61 Å². The number of rotatable bonds is 5. The van der Waals surface area contributed by atoms with Crippen LogP contribution in [-0.4, -0.2) is 21.7 Å². The standard InChI is InChI=1S/C12H16N2OS2/c1-8-10(16-7-13-8)3-4-12-14-9(2)11(17-12)5-6-15/h7,15H,3-6H2,1-2H3. The topological polar surface area (TPSA) is 46.0 Å². The van der Waals surface area contributed by atoms with Gasteiger partial charge in [-0.25, -0.2) is 9.97 Å². The van der Waals surface area contributed by atoms with E-state index in [0.29, 0.717) is 0 Å². The van der Waals surface area contributed by atoms with Crippen molar-refractivity contribution in [3.8, 4) is 0 Å². The summed E-state index contributed by atoms with van der Waals surface area (Å²) in [5.41, 5.74) is 4.11. The first kappa shape index (κ1) is 12.7. The van der Waals surface area contributed by atoms with Crippen LogP contribution in [0.1, 0.15) is 26.1 Å². The van der Waals surface area contributed by atoms with Crippen molar-refractivity contribution in [3.05, 3.63) is 31.7 Å². The SMILES string of the molecule is Cc1ncsc1CCc1nc(C)c(CCO)s1. The van der Waals surface area contributed by atoms with Crippen molar-refractivity contribution < 1.29 is 5.11 Å². The van der Waals surface area contributed by atoms with Crippen LogP contribution in [0, 0.1) is 13.8 Å². The van der Waals surface area contributed by atoms with Crippen LogP contribution < -0.4 is 0 Å². The number of hydrogen-bond donors (Lipinski definition) is 1. The van der Waals surface area contributed by atoms with Crippen molar-refractivity contribution in [1.82, 2.24) is 9.97 Å². The molecule has 0 fully saturated rings. The second kappa shape index (κ2) is 5.71. The number of aromatic nitrogens is 2. The molecule has 0 atom stereocenters. The third kappa shape index (κ3) is 3.12. The molecular weight excluding hydrogens is 252 g/mol. The van der Waals surface area contributed by atoms with E-state index >= 15 is 0 Å². The molecule has 3 nitrogen and oxygen atoms in total. The van der Waals surface area contributed by atoms with Gasteiger partial charge in [0.2, 0.25) is 0 Å². The lowest BCUT2D eigenvalue weighted by molar-refractivity contribution is 0.300. The Balaban J connectivity index is 2.00. The summed E-state index contributed by atoms with van der Waals surface area (Å²) < 4.78 is 0. The van der Waals surface area contributed by atoms with Crippen LogP contribution in [0.5, 0.6) is 0 Å². The normalized spacial score (nSPS) is 11.0. The minimum Gasteiger partial charge on any atom is -0.396 e. The Morgan fingerprint density at radius 2 is 1.94 bits per heavy atom. The first-order valence-corrected chi connectivity index (χ1v) is 7.35. The molecule has 0 radical (unpaired) electrons. The van der Waals surface area contributed by atoms with Gasteiger partial charge < -0.3 is 5.11 Å².